The molecule has 0 aromatic carbocycles. The summed E-state index contributed by atoms with van der Waals surface area (Å²) in [5.74, 6) is 0.780. The van der Waals surface area contributed by atoms with Gasteiger partial charge in [0.15, 0.2) is 0 Å². The molecule has 1 saturated heterocycles. The predicted molar refractivity (Wildman–Crippen MR) is 68.0 cm³/mol. The van der Waals surface area contributed by atoms with Crippen molar-refractivity contribution in [2.45, 2.75) is 57.9 Å². The van der Waals surface area contributed by atoms with E-state index in [4.69, 9.17) is 0 Å². The minimum atomic E-state index is -0.626. The Morgan fingerprint density at radius 3 is 2.47 bits per heavy atom. The Hall–Kier alpha value is -0.570. The van der Waals surface area contributed by atoms with Crippen molar-refractivity contribution in [3.63, 3.8) is 0 Å². The molecule has 2 fully saturated rings. The zero-order valence-corrected chi connectivity index (χ0v) is 11.1. The van der Waals surface area contributed by atoms with Gasteiger partial charge in [-0.2, -0.15) is 0 Å². The summed E-state index contributed by atoms with van der Waals surface area (Å²) in [4.78, 5) is 13.7. The molecule has 0 aromatic rings. The summed E-state index contributed by atoms with van der Waals surface area (Å²) < 4.78 is 0. The first-order chi connectivity index (χ1) is 8.03. The molecule has 3 heteroatoms. The second kappa shape index (κ2) is 4.97. The molecule has 0 spiro atoms. The normalized spacial score (nSPS) is 39.4. The number of carboxylic acid groups (broad SMARTS) is 1. The lowest BCUT2D eigenvalue weighted by Gasteiger charge is -2.48. The van der Waals surface area contributed by atoms with Crippen LogP contribution in [0.4, 0.5) is 0 Å². The van der Waals surface area contributed by atoms with E-state index in [0.717, 1.165) is 31.8 Å². The fraction of sp³-hybridized carbons (Fsp3) is 0.929. The number of carboxylic acids is 1. The van der Waals surface area contributed by atoms with Crippen LogP contribution >= 0.6 is 0 Å². The molecule has 1 N–H and O–H groups in total. The average Bonchev–Trinajstić information content (AvgIpc) is 2.76. The third-order valence-electron chi connectivity index (χ3n) is 5.00. The highest BCUT2D eigenvalue weighted by Crippen LogP contribution is 2.43. The Morgan fingerprint density at radius 1 is 1.29 bits per heavy atom. The Balaban J connectivity index is 2.14. The van der Waals surface area contributed by atoms with Crippen LogP contribution in [0.15, 0.2) is 0 Å². The first-order valence-corrected chi connectivity index (χ1v) is 7.00. The second-order valence-corrected chi connectivity index (χ2v) is 6.19. The maximum atomic E-state index is 11.2. The van der Waals surface area contributed by atoms with Crippen LogP contribution in [0.3, 0.4) is 0 Å². The number of hydrogen-bond donors (Lipinski definition) is 1. The van der Waals surface area contributed by atoms with Gasteiger partial charge in [-0.1, -0.05) is 13.8 Å². The second-order valence-electron chi connectivity index (χ2n) is 6.19. The van der Waals surface area contributed by atoms with Gasteiger partial charge in [-0.25, -0.2) is 0 Å². The van der Waals surface area contributed by atoms with Crippen molar-refractivity contribution in [2.24, 2.45) is 11.8 Å². The summed E-state index contributed by atoms with van der Waals surface area (Å²) in [5.41, 5.74) is -0.0335. The zero-order valence-electron chi connectivity index (χ0n) is 11.1. The van der Waals surface area contributed by atoms with E-state index in [2.05, 4.69) is 18.7 Å². The van der Waals surface area contributed by atoms with E-state index in [9.17, 15) is 9.90 Å². The summed E-state index contributed by atoms with van der Waals surface area (Å²) in [6.07, 6.45) is 6.15. The molecule has 3 atom stereocenters. The fourth-order valence-corrected chi connectivity index (χ4v) is 3.72. The molecule has 0 amide bonds. The van der Waals surface area contributed by atoms with Crippen molar-refractivity contribution in [2.75, 3.05) is 13.1 Å². The Kier molecular flexibility index (Phi) is 3.76. The molecule has 2 aliphatic rings. The van der Waals surface area contributed by atoms with Crippen LogP contribution in [-0.4, -0.2) is 34.6 Å². The number of carbonyl (C=O) groups is 1. The maximum absolute atomic E-state index is 11.2. The molecule has 1 heterocycles. The van der Waals surface area contributed by atoms with E-state index in [0.29, 0.717) is 12.3 Å². The van der Waals surface area contributed by atoms with Crippen molar-refractivity contribution in [1.29, 1.82) is 0 Å². The van der Waals surface area contributed by atoms with Crippen molar-refractivity contribution in [3.05, 3.63) is 0 Å². The smallest absolute Gasteiger partial charge is 0.305 e. The van der Waals surface area contributed by atoms with Gasteiger partial charge in [0.25, 0.3) is 0 Å². The number of likely N-dealkylation sites (tertiary alicyclic amines) is 1. The highest BCUT2D eigenvalue weighted by Gasteiger charge is 2.44. The van der Waals surface area contributed by atoms with E-state index < -0.39 is 5.97 Å². The molecule has 98 valence electrons. The van der Waals surface area contributed by atoms with Crippen LogP contribution in [0, 0.1) is 11.8 Å². The van der Waals surface area contributed by atoms with Gasteiger partial charge in [0.1, 0.15) is 0 Å². The molecule has 3 nitrogen and oxygen atoms in total. The molecule has 3 unspecified atom stereocenters. The van der Waals surface area contributed by atoms with Gasteiger partial charge in [0.2, 0.25) is 0 Å². The van der Waals surface area contributed by atoms with Gasteiger partial charge in [-0.05, 0) is 57.0 Å². The standard InChI is InChI=1S/C14H25NO2/c1-11-5-6-14(9-12(11)2,10-13(16)17)15-7-3-4-8-15/h11-12H,3-10H2,1-2H3,(H,16,17). The molecule has 2 rings (SSSR count). The van der Waals surface area contributed by atoms with Gasteiger partial charge >= 0.3 is 5.97 Å². The Labute approximate surface area is 104 Å². The third-order valence-corrected chi connectivity index (χ3v) is 5.00. The summed E-state index contributed by atoms with van der Waals surface area (Å²) in [6.45, 7) is 6.80. The van der Waals surface area contributed by atoms with Gasteiger partial charge in [0.05, 0.1) is 6.42 Å². The molecule has 1 aliphatic carbocycles. The highest BCUT2D eigenvalue weighted by molar-refractivity contribution is 5.68. The van der Waals surface area contributed by atoms with Crippen molar-refractivity contribution >= 4 is 5.97 Å². The topological polar surface area (TPSA) is 40.5 Å². The van der Waals surface area contributed by atoms with Crippen LogP contribution in [0.2, 0.25) is 0 Å². The lowest BCUT2D eigenvalue weighted by Crippen LogP contribution is -2.52. The summed E-state index contributed by atoms with van der Waals surface area (Å²) in [5, 5.41) is 9.22. The van der Waals surface area contributed by atoms with Crippen LogP contribution in [0.5, 0.6) is 0 Å². The minimum Gasteiger partial charge on any atom is -0.481 e. The zero-order chi connectivity index (χ0) is 12.5. The lowest BCUT2D eigenvalue weighted by molar-refractivity contribution is -0.141. The first-order valence-electron chi connectivity index (χ1n) is 7.00. The minimum absolute atomic E-state index is 0.0335. The van der Waals surface area contributed by atoms with Crippen LogP contribution in [-0.2, 0) is 4.79 Å². The SMILES string of the molecule is CC1CCC(CC(=O)O)(N2CCCC2)CC1C. The number of rotatable bonds is 3. The first kappa shape index (κ1) is 12.9. The van der Waals surface area contributed by atoms with E-state index >= 15 is 0 Å². The van der Waals surface area contributed by atoms with Gasteiger partial charge in [0, 0.05) is 5.54 Å². The van der Waals surface area contributed by atoms with Crippen molar-refractivity contribution < 1.29 is 9.90 Å². The molecule has 17 heavy (non-hydrogen) atoms. The summed E-state index contributed by atoms with van der Waals surface area (Å²) in [7, 11) is 0. The van der Waals surface area contributed by atoms with Gasteiger partial charge in [-0.3, -0.25) is 9.69 Å². The quantitative estimate of drug-likeness (QED) is 0.823. The van der Waals surface area contributed by atoms with Crippen LogP contribution < -0.4 is 0 Å². The Morgan fingerprint density at radius 2 is 1.94 bits per heavy atom. The van der Waals surface area contributed by atoms with E-state index in [1.807, 2.05) is 0 Å². The molecule has 0 aromatic heterocycles. The fourth-order valence-electron chi connectivity index (χ4n) is 3.72. The number of hydrogen-bond acceptors (Lipinski definition) is 2. The third kappa shape index (κ3) is 2.65. The average molecular weight is 239 g/mol. The molecular weight excluding hydrogens is 214 g/mol. The van der Waals surface area contributed by atoms with Crippen LogP contribution in [0.1, 0.15) is 52.4 Å². The monoisotopic (exact) mass is 239 g/mol. The lowest BCUT2D eigenvalue weighted by atomic mass is 9.69. The van der Waals surface area contributed by atoms with Crippen LogP contribution in [0.25, 0.3) is 0 Å². The highest BCUT2D eigenvalue weighted by atomic mass is 16.4. The van der Waals surface area contributed by atoms with E-state index in [-0.39, 0.29) is 5.54 Å². The maximum Gasteiger partial charge on any atom is 0.305 e. The molecule has 0 bridgehead atoms. The van der Waals surface area contributed by atoms with Gasteiger partial charge < -0.3 is 5.11 Å². The van der Waals surface area contributed by atoms with E-state index in [1.54, 1.807) is 0 Å². The molecule has 1 aliphatic heterocycles. The summed E-state index contributed by atoms with van der Waals surface area (Å²) >= 11 is 0. The van der Waals surface area contributed by atoms with E-state index in [1.165, 1.54) is 19.3 Å². The van der Waals surface area contributed by atoms with Crippen molar-refractivity contribution in [3.8, 4) is 0 Å². The number of nitrogens with zero attached hydrogens (tertiary/aromatic N) is 1. The number of aliphatic carboxylic acids is 1. The Bertz CT molecular complexity index is 286. The van der Waals surface area contributed by atoms with Crippen molar-refractivity contribution in [1.82, 2.24) is 4.90 Å². The predicted octanol–water partition coefficient (Wildman–Crippen LogP) is 2.75. The molecule has 1 saturated carbocycles. The summed E-state index contributed by atoms with van der Waals surface area (Å²) in [6, 6.07) is 0. The largest absolute Gasteiger partial charge is 0.481 e. The molecular formula is C14H25NO2. The molecule has 0 radical (unpaired) electrons. The van der Waals surface area contributed by atoms with Gasteiger partial charge in [-0.15, -0.1) is 0 Å².